The van der Waals surface area contributed by atoms with Crippen molar-refractivity contribution in [3.63, 3.8) is 0 Å². The minimum absolute atomic E-state index is 0.334. The lowest BCUT2D eigenvalue weighted by Gasteiger charge is -2.19. The Morgan fingerprint density at radius 3 is 2.60 bits per heavy atom. The van der Waals surface area contributed by atoms with Gasteiger partial charge in [-0.05, 0) is 51.6 Å². The van der Waals surface area contributed by atoms with E-state index in [-0.39, 0.29) is 0 Å². The SMILES string of the molecule is OCCCN1CCCC(NC2CC2)CC1. The van der Waals surface area contributed by atoms with E-state index in [0.717, 1.165) is 25.0 Å². The predicted molar refractivity (Wildman–Crippen MR) is 61.9 cm³/mol. The number of likely N-dealkylation sites (tertiary alicyclic amines) is 1. The topological polar surface area (TPSA) is 35.5 Å². The first-order chi connectivity index (χ1) is 7.38. The summed E-state index contributed by atoms with van der Waals surface area (Å²) in [6.45, 7) is 3.85. The van der Waals surface area contributed by atoms with Crippen LogP contribution in [0.15, 0.2) is 0 Å². The van der Waals surface area contributed by atoms with Crippen LogP contribution in [0.4, 0.5) is 0 Å². The minimum Gasteiger partial charge on any atom is -0.396 e. The van der Waals surface area contributed by atoms with Gasteiger partial charge in [-0.15, -0.1) is 0 Å². The Kier molecular flexibility index (Phi) is 4.42. The summed E-state index contributed by atoms with van der Waals surface area (Å²) >= 11 is 0. The molecule has 0 amide bonds. The molecule has 1 heterocycles. The van der Waals surface area contributed by atoms with E-state index in [0.29, 0.717) is 6.61 Å². The molecule has 1 aliphatic heterocycles. The van der Waals surface area contributed by atoms with Crippen molar-refractivity contribution in [2.45, 2.75) is 50.6 Å². The summed E-state index contributed by atoms with van der Waals surface area (Å²) in [6.07, 6.45) is 7.67. The molecule has 15 heavy (non-hydrogen) atoms. The lowest BCUT2D eigenvalue weighted by Crippen LogP contribution is -2.32. The van der Waals surface area contributed by atoms with Gasteiger partial charge in [-0.25, -0.2) is 0 Å². The Bertz CT molecular complexity index is 182. The average molecular weight is 212 g/mol. The second kappa shape index (κ2) is 5.83. The number of rotatable bonds is 5. The molecule has 0 radical (unpaired) electrons. The Morgan fingerprint density at radius 2 is 1.87 bits per heavy atom. The smallest absolute Gasteiger partial charge is 0.0443 e. The molecule has 1 aliphatic carbocycles. The molecule has 88 valence electrons. The van der Waals surface area contributed by atoms with Gasteiger partial charge in [0.2, 0.25) is 0 Å². The number of nitrogens with one attached hydrogen (secondary N) is 1. The third-order valence-electron chi connectivity index (χ3n) is 3.50. The van der Waals surface area contributed by atoms with Crippen LogP contribution in [0, 0.1) is 0 Å². The monoisotopic (exact) mass is 212 g/mol. The van der Waals surface area contributed by atoms with Crippen LogP contribution >= 0.6 is 0 Å². The molecule has 3 heteroatoms. The fourth-order valence-corrected chi connectivity index (χ4v) is 2.42. The Morgan fingerprint density at radius 1 is 1.07 bits per heavy atom. The normalized spacial score (nSPS) is 29.0. The molecular formula is C12H24N2O. The minimum atomic E-state index is 0.334. The third kappa shape index (κ3) is 4.09. The predicted octanol–water partition coefficient (Wildman–Crippen LogP) is 0.975. The maximum atomic E-state index is 8.81. The molecule has 0 aromatic rings. The molecule has 0 aromatic carbocycles. The highest BCUT2D eigenvalue weighted by molar-refractivity contribution is 4.86. The van der Waals surface area contributed by atoms with Gasteiger partial charge < -0.3 is 15.3 Å². The van der Waals surface area contributed by atoms with Crippen LogP contribution in [-0.2, 0) is 0 Å². The van der Waals surface area contributed by atoms with E-state index < -0.39 is 0 Å². The van der Waals surface area contributed by atoms with Crippen LogP contribution in [0.25, 0.3) is 0 Å². The first-order valence-corrected chi connectivity index (χ1v) is 6.48. The van der Waals surface area contributed by atoms with Crippen LogP contribution in [0.5, 0.6) is 0 Å². The summed E-state index contributed by atoms with van der Waals surface area (Å²) < 4.78 is 0. The summed E-state index contributed by atoms with van der Waals surface area (Å²) in [7, 11) is 0. The number of nitrogens with zero attached hydrogens (tertiary/aromatic N) is 1. The van der Waals surface area contributed by atoms with E-state index in [1.54, 1.807) is 0 Å². The summed E-state index contributed by atoms with van der Waals surface area (Å²) in [5.41, 5.74) is 0. The standard InChI is InChI=1S/C12H24N2O/c15-10-2-8-14-7-1-3-11(6-9-14)13-12-4-5-12/h11-13,15H,1-10H2. The van der Waals surface area contributed by atoms with Gasteiger partial charge in [0.05, 0.1) is 0 Å². The zero-order valence-electron chi connectivity index (χ0n) is 9.62. The molecule has 2 rings (SSSR count). The highest BCUT2D eigenvalue weighted by Crippen LogP contribution is 2.22. The summed E-state index contributed by atoms with van der Waals surface area (Å²) in [6, 6.07) is 1.61. The second-order valence-corrected chi connectivity index (χ2v) is 4.99. The lowest BCUT2D eigenvalue weighted by atomic mass is 10.1. The van der Waals surface area contributed by atoms with E-state index in [9.17, 15) is 0 Å². The van der Waals surface area contributed by atoms with E-state index >= 15 is 0 Å². The Balaban J connectivity index is 1.66. The van der Waals surface area contributed by atoms with E-state index in [1.165, 1.54) is 45.2 Å². The highest BCUT2D eigenvalue weighted by Gasteiger charge is 2.25. The number of hydrogen-bond acceptors (Lipinski definition) is 3. The van der Waals surface area contributed by atoms with Crippen LogP contribution in [-0.4, -0.2) is 48.3 Å². The number of aliphatic hydroxyl groups is 1. The van der Waals surface area contributed by atoms with Gasteiger partial charge >= 0.3 is 0 Å². The van der Waals surface area contributed by atoms with Gasteiger partial charge in [0, 0.05) is 25.2 Å². The molecule has 1 unspecified atom stereocenters. The fourth-order valence-electron chi connectivity index (χ4n) is 2.42. The first-order valence-electron chi connectivity index (χ1n) is 6.48. The van der Waals surface area contributed by atoms with E-state index in [1.807, 2.05) is 0 Å². The van der Waals surface area contributed by atoms with Crippen LogP contribution in [0.1, 0.15) is 38.5 Å². The van der Waals surface area contributed by atoms with Crippen molar-refractivity contribution < 1.29 is 5.11 Å². The Hall–Kier alpha value is -0.120. The summed E-state index contributed by atoms with van der Waals surface area (Å²) in [5, 5.41) is 12.5. The molecule has 1 saturated heterocycles. The van der Waals surface area contributed by atoms with Crippen molar-refractivity contribution in [3.05, 3.63) is 0 Å². The van der Waals surface area contributed by atoms with Gasteiger partial charge in [-0.3, -0.25) is 0 Å². The zero-order chi connectivity index (χ0) is 10.5. The van der Waals surface area contributed by atoms with Crippen molar-refractivity contribution in [2.24, 2.45) is 0 Å². The van der Waals surface area contributed by atoms with Crippen molar-refractivity contribution in [1.29, 1.82) is 0 Å². The molecular weight excluding hydrogens is 188 g/mol. The van der Waals surface area contributed by atoms with Gasteiger partial charge in [-0.1, -0.05) is 0 Å². The van der Waals surface area contributed by atoms with Crippen molar-refractivity contribution in [1.82, 2.24) is 10.2 Å². The molecule has 2 fully saturated rings. The van der Waals surface area contributed by atoms with Gasteiger partial charge in [-0.2, -0.15) is 0 Å². The van der Waals surface area contributed by atoms with Crippen LogP contribution < -0.4 is 5.32 Å². The second-order valence-electron chi connectivity index (χ2n) is 4.99. The highest BCUT2D eigenvalue weighted by atomic mass is 16.3. The average Bonchev–Trinajstić information content (AvgIpc) is 3.04. The molecule has 2 N–H and O–H groups in total. The molecule has 0 bridgehead atoms. The number of aliphatic hydroxyl groups excluding tert-OH is 1. The van der Waals surface area contributed by atoms with Gasteiger partial charge in [0.15, 0.2) is 0 Å². The van der Waals surface area contributed by atoms with Crippen LogP contribution in [0.2, 0.25) is 0 Å². The quantitative estimate of drug-likeness (QED) is 0.713. The zero-order valence-corrected chi connectivity index (χ0v) is 9.62. The molecule has 3 nitrogen and oxygen atoms in total. The Labute approximate surface area is 92.8 Å². The molecule has 0 aromatic heterocycles. The van der Waals surface area contributed by atoms with Crippen molar-refractivity contribution >= 4 is 0 Å². The molecule has 1 saturated carbocycles. The van der Waals surface area contributed by atoms with Gasteiger partial charge in [0.25, 0.3) is 0 Å². The largest absolute Gasteiger partial charge is 0.396 e. The maximum absolute atomic E-state index is 8.81. The molecule has 1 atom stereocenters. The van der Waals surface area contributed by atoms with Crippen molar-refractivity contribution in [2.75, 3.05) is 26.2 Å². The maximum Gasteiger partial charge on any atom is 0.0443 e. The van der Waals surface area contributed by atoms with Gasteiger partial charge in [0.1, 0.15) is 0 Å². The molecule has 2 aliphatic rings. The summed E-state index contributed by atoms with van der Waals surface area (Å²) in [4.78, 5) is 2.50. The third-order valence-corrected chi connectivity index (χ3v) is 3.50. The fraction of sp³-hybridized carbons (Fsp3) is 1.00. The van der Waals surface area contributed by atoms with E-state index in [2.05, 4.69) is 10.2 Å². The lowest BCUT2D eigenvalue weighted by molar-refractivity contribution is 0.227. The molecule has 0 spiro atoms. The van der Waals surface area contributed by atoms with Crippen molar-refractivity contribution in [3.8, 4) is 0 Å². The first kappa shape index (κ1) is 11.4. The van der Waals surface area contributed by atoms with E-state index in [4.69, 9.17) is 5.11 Å². The van der Waals surface area contributed by atoms with Crippen LogP contribution in [0.3, 0.4) is 0 Å². The number of hydrogen-bond donors (Lipinski definition) is 2. The summed E-state index contributed by atoms with van der Waals surface area (Å²) in [5.74, 6) is 0.